The van der Waals surface area contributed by atoms with Crippen molar-refractivity contribution in [3.8, 4) is 0 Å². The Balaban J connectivity index is 2.09. The normalized spacial score (nSPS) is 10.8. The van der Waals surface area contributed by atoms with E-state index in [9.17, 15) is 9.59 Å². The van der Waals surface area contributed by atoms with Crippen molar-refractivity contribution in [2.45, 2.75) is 33.1 Å². The quantitative estimate of drug-likeness (QED) is 0.654. The highest BCUT2D eigenvalue weighted by Gasteiger charge is 2.14. The molecule has 0 unspecified atom stereocenters. The lowest BCUT2D eigenvalue weighted by atomic mass is 10.0. The van der Waals surface area contributed by atoms with E-state index >= 15 is 0 Å². The van der Waals surface area contributed by atoms with Gasteiger partial charge < -0.3 is 15.5 Å². The maximum atomic E-state index is 12.8. The van der Waals surface area contributed by atoms with Gasteiger partial charge in [-0.05, 0) is 63.2 Å². The molecule has 0 bridgehead atoms. The second-order valence-electron chi connectivity index (χ2n) is 6.95. The molecule has 0 saturated heterocycles. The second-order valence-corrected chi connectivity index (χ2v) is 6.95. The number of pyridine rings is 1. The van der Waals surface area contributed by atoms with E-state index in [2.05, 4.69) is 34.4 Å². The van der Waals surface area contributed by atoms with Crippen LogP contribution >= 0.6 is 0 Å². The van der Waals surface area contributed by atoms with E-state index < -0.39 is 0 Å². The van der Waals surface area contributed by atoms with Gasteiger partial charge in [-0.3, -0.25) is 14.6 Å². The Morgan fingerprint density at radius 2 is 1.71 bits per heavy atom. The van der Waals surface area contributed by atoms with Gasteiger partial charge in [-0.25, -0.2) is 0 Å². The molecule has 1 aromatic carbocycles. The number of anilines is 1. The molecule has 6 nitrogen and oxygen atoms in total. The molecule has 0 aliphatic rings. The highest BCUT2D eigenvalue weighted by Crippen LogP contribution is 2.23. The molecule has 0 aliphatic heterocycles. The largest absolute Gasteiger partial charge is 0.351 e. The van der Waals surface area contributed by atoms with Gasteiger partial charge in [0, 0.05) is 24.0 Å². The number of hydrogen-bond donors (Lipinski definition) is 2. The van der Waals surface area contributed by atoms with E-state index in [0.29, 0.717) is 12.1 Å². The van der Waals surface area contributed by atoms with E-state index in [1.54, 1.807) is 6.07 Å². The zero-order valence-corrected chi connectivity index (χ0v) is 17.2. The number of amides is 2. The van der Waals surface area contributed by atoms with Crippen molar-refractivity contribution in [3.05, 3.63) is 58.9 Å². The highest BCUT2D eigenvalue weighted by atomic mass is 16.2. The van der Waals surface area contributed by atoms with E-state index in [4.69, 9.17) is 0 Å². The summed E-state index contributed by atoms with van der Waals surface area (Å²) in [5, 5.41) is 5.87. The number of nitrogens with zero attached hydrogens (tertiary/aromatic N) is 2. The minimum absolute atomic E-state index is 0.236. The molecular weight excluding hydrogens is 352 g/mol. The maximum absolute atomic E-state index is 12.8. The van der Waals surface area contributed by atoms with Crippen molar-refractivity contribution < 1.29 is 9.59 Å². The summed E-state index contributed by atoms with van der Waals surface area (Å²) in [6.45, 7) is 5.59. The molecule has 2 amide bonds. The molecule has 1 heterocycles. The molecule has 1 aromatic heterocycles. The first-order chi connectivity index (χ1) is 13.5. The fourth-order valence-electron chi connectivity index (χ4n) is 2.97. The van der Waals surface area contributed by atoms with Gasteiger partial charge in [0.25, 0.3) is 11.8 Å². The fourth-order valence-corrected chi connectivity index (χ4v) is 2.97. The fraction of sp³-hybridized carbons (Fsp3) is 0.409. The zero-order chi connectivity index (χ0) is 20.5. The summed E-state index contributed by atoms with van der Waals surface area (Å²) in [5.41, 5.74) is 3.73. The number of carbonyl (C=O) groups excluding carboxylic acids is 2. The first-order valence-corrected chi connectivity index (χ1v) is 9.77. The molecule has 150 valence electrons. The topological polar surface area (TPSA) is 74.3 Å². The van der Waals surface area contributed by atoms with Gasteiger partial charge in [-0.2, -0.15) is 0 Å². The smallest absolute Gasteiger partial charge is 0.269 e. The van der Waals surface area contributed by atoms with Crippen LogP contribution in [-0.4, -0.2) is 48.9 Å². The van der Waals surface area contributed by atoms with Gasteiger partial charge in [0.05, 0.1) is 0 Å². The summed E-state index contributed by atoms with van der Waals surface area (Å²) in [6, 6.07) is 9.22. The predicted molar refractivity (Wildman–Crippen MR) is 113 cm³/mol. The van der Waals surface area contributed by atoms with E-state index in [0.717, 1.165) is 42.6 Å². The lowest BCUT2D eigenvalue weighted by molar-refractivity contribution is 0.0947. The van der Waals surface area contributed by atoms with Crippen LogP contribution in [0, 0.1) is 0 Å². The Morgan fingerprint density at radius 3 is 2.32 bits per heavy atom. The average molecular weight is 383 g/mol. The predicted octanol–water partition coefficient (Wildman–Crippen LogP) is 3.14. The minimum atomic E-state index is -0.267. The number of nitrogens with one attached hydrogen (secondary N) is 2. The first kappa shape index (κ1) is 21.6. The lowest BCUT2D eigenvalue weighted by Crippen LogP contribution is -2.28. The molecule has 0 radical (unpaired) electrons. The molecule has 2 N–H and O–H groups in total. The van der Waals surface area contributed by atoms with Crippen LogP contribution in [0.15, 0.2) is 36.5 Å². The Hall–Kier alpha value is -2.73. The molecule has 28 heavy (non-hydrogen) atoms. The van der Waals surface area contributed by atoms with Crippen LogP contribution < -0.4 is 10.6 Å². The van der Waals surface area contributed by atoms with Crippen LogP contribution in [-0.2, 0) is 12.8 Å². The summed E-state index contributed by atoms with van der Waals surface area (Å²) < 4.78 is 0. The molecule has 0 atom stereocenters. The third-order valence-corrected chi connectivity index (χ3v) is 4.56. The molecule has 0 fully saturated rings. The van der Waals surface area contributed by atoms with Gasteiger partial charge in [0.15, 0.2) is 0 Å². The number of benzene rings is 1. The number of carbonyl (C=O) groups is 2. The molecule has 0 aliphatic carbocycles. The van der Waals surface area contributed by atoms with Crippen molar-refractivity contribution >= 4 is 17.5 Å². The Bertz CT molecular complexity index is 796. The summed E-state index contributed by atoms with van der Waals surface area (Å²) in [5.74, 6) is -0.503. The number of aryl methyl sites for hydroxylation is 2. The van der Waals surface area contributed by atoms with Gasteiger partial charge in [0.2, 0.25) is 0 Å². The minimum Gasteiger partial charge on any atom is -0.351 e. The third kappa shape index (κ3) is 5.89. The number of hydrogen-bond acceptors (Lipinski definition) is 4. The van der Waals surface area contributed by atoms with Crippen molar-refractivity contribution in [3.63, 3.8) is 0 Å². The zero-order valence-electron chi connectivity index (χ0n) is 17.2. The highest BCUT2D eigenvalue weighted by molar-refractivity contribution is 6.06. The van der Waals surface area contributed by atoms with Crippen molar-refractivity contribution in [2.24, 2.45) is 0 Å². The summed E-state index contributed by atoms with van der Waals surface area (Å²) >= 11 is 0. The molecule has 0 saturated carbocycles. The Morgan fingerprint density at radius 1 is 1.04 bits per heavy atom. The maximum Gasteiger partial charge on any atom is 0.269 e. The van der Waals surface area contributed by atoms with Crippen LogP contribution in [0.1, 0.15) is 52.2 Å². The van der Waals surface area contributed by atoms with E-state index in [1.165, 1.54) is 12.3 Å². The van der Waals surface area contributed by atoms with Crippen LogP contribution in [0.4, 0.5) is 5.69 Å². The van der Waals surface area contributed by atoms with Gasteiger partial charge in [-0.1, -0.05) is 32.0 Å². The molecule has 6 heteroatoms. The lowest BCUT2D eigenvalue weighted by Gasteiger charge is -2.14. The van der Waals surface area contributed by atoms with E-state index in [1.807, 2.05) is 32.3 Å². The Labute approximate surface area is 167 Å². The van der Waals surface area contributed by atoms with Crippen molar-refractivity contribution in [1.82, 2.24) is 15.2 Å². The molecular formula is C22H30N4O2. The van der Waals surface area contributed by atoms with Crippen LogP contribution in [0.2, 0.25) is 0 Å². The van der Waals surface area contributed by atoms with Gasteiger partial charge in [-0.15, -0.1) is 0 Å². The molecule has 0 spiro atoms. The molecule has 2 rings (SSSR count). The van der Waals surface area contributed by atoms with Crippen molar-refractivity contribution in [2.75, 3.05) is 32.5 Å². The monoisotopic (exact) mass is 382 g/mol. The van der Waals surface area contributed by atoms with Gasteiger partial charge >= 0.3 is 0 Å². The summed E-state index contributed by atoms with van der Waals surface area (Å²) in [4.78, 5) is 31.3. The number of rotatable bonds is 9. The standard InChI is InChI=1S/C22H30N4O2/c1-5-16-9-7-10-17(6-2)20(16)25-21(27)18-11-13-23-19(15-18)22(28)24-12-8-14-26(3)4/h7,9-11,13,15H,5-6,8,12,14H2,1-4H3,(H,24,28)(H,25,27). The van der Waals surface area contributed by atoms with Crippen molar-refractivity contribution in [1.29, 1.82) is 0 Å². The van der Waals surface area contributed by atoms with Crippen LogP contribution in [0.3, 0.4) is 0 Å². The van der Waals surface area contributed by atoms with E-state index in [-0.39, 0.29) is 17.5 Å². The summed E-state index contributed by atoms with van der Waals surface area (Å²) in [6.07, 6.45) is 4.02. The van der Waals surface area contributed by atoms with Gasteiger partial charge in [0.1, 0.15) is 5.69 Å². The Kier molecular flexibility index (Phi) is 8.14. The number of aromatic nitrogens is 1. The average Bonchev–Trinajstić information content (AvgIpc) is 2.71. The second kappa shape index (κ2) is 10.6. The third-order valence-electron chi connectivity index (χ3n) is 4.56. The van der Waals surface area contributed by atoms with Crippen LogP contribution in [0.5, 0.6) is 0 Å². The number of para-hydroxylation sites is 1. The van der Waals surface area contributed by atoms with Crippen LogP contribution in [0.25, 0.3) is 0 Å². The molecule has 2 aromatic rings. The SMILES string of the molecule is CCc1cccc(CC)c1NC(=O)c1ccnc(C(=O)NCCCN(C)C)c1. The summed E-state index contributed by atoms with van der Waals surface area (Å²) in [7, 11) is 3.98. The first-order valence-electron chi connectivity index (χ1n) is 9.77.